The Morgan fingerprint density at radius 2 is 1.91 bits per heavy atom. The first-order chi connectivity index (χ1) is 15.3. The fourth-order valence-electron chi connectivity index (χ4n) is 3.74. The summed E-state index contributed by atoms with van der Waals surface area (Å²) < 4.78 is 32.9. The van der Waals surface area contributed by atoms with Crippen molar-refractivity contribution < 1.29 is 17.9 Å². The van der Waals surface area contributed by atoms with E-state index in [1.807, 2.05) is 18.2 Å². The normalized spacial score (nSPS) is 17.4. The number of hydrogen-bond donors (Lipinski definition) is 1. The fourth-order valence-corrected chi connectivity index (χ4v) is 5.70. The summed E-state index contributed by atoms with van der Waals surface area (Å²) in [5.41, 5.74) is 1.48. The number of morpholine rings is 1. The molecule has 1 fully saturated rings. The van der Waals surface area contributed by atoms with Crippen LogP contribution in [0, 0.1) is 0 Å². The monoisotopic (exact) mass is 479 g/mol. The quantitative estimate of drug-likeness (QED) is 0.598. The lowest BCUT2D eigenvalue weighted by Crippen LogP contribution is -2.47. The first-order valence-electron chi connectivity index (χ1n) is 10.8. The van der Waals surface area contributed by atoms with Gasteiger partial charge in [0, 0.05) is 44.8 Å². The summed E-state index contributed by atoms with van der Waals surface area (Å²) in [7, 11) is -3.77. The Kier molecular flexibility index (Phi) is 8.67. The second kappa shape index (κ2) is 11.2. The molecule has 32 heavy (non-hydrogen) atoms. The molecule has 9 heteroatoms. The van der Waals surface area contributed by atoms with Gasteiger partial charge in [0.25, 0.3) is 5.91 Å². The van der Waals surface area contributed by atoms with Crippen LogP contribution in [0.4, 0.5) is 0 Å². The highest BCUT2D eigenvalue weighted by Crippen LogP contribution is 2.26. The first kappa shape index (κ1) is 24.7. The third-order valence-corrected chi connectivity index (χ3v) is 8.01. The zero-order valence-electron chi connectivity index (χ0n) is 18.5. The number of ether oxygens (including phenoxy) is 1. The maximum atomic E-state index is 12.9. The molecular weight excluding hydrogens is 450 g/mol. The number of rotatable bonds is 9. The van der Waals surface area contributed by atoms with Crippen molar-refractivity contribution in [2.75, 3.05) is 39.3 Å². The number of benzene rings is 2. The molecule has 0 radical (unpaired) electrons. The standard InChI is InChI=1S/C23H30ClN3O4S/c1-3-27(4-2)32(29,30)22-14-19(10-11-21(22)24)23(28)25-15-20-17-26(12-13-31-20)16-18-8-6-5-7-9-18/h5-11,14,20H,3-4,12-13,15-17H2,1-2H3,(H,25,28)/t20-/m0/s1. The van der Waals surface area contributed by atoms with Crippen molar-refractivity contribution in [1.29, 1.82) is 0 Å². The van der Waals surface area contributed by atoms with E-state index in [-0.39, 0.29) is 27.5 Å². The molecule has 0 aliphatic carbocycles. The average Bonchev–Trinajstić information content (AvgIpc) is 2.79. The number of nitrogens with zero attached hydrogens (tertiary/aromatic N) is 2. The minimum atomic E-state index is -3.77. The molecule has 1 aliphatic heterocycles. The number of nitrogens with one attached hydrogen (secondary N) is 1. The summed E-state index contributed by atoms with van der Waals surface area (Å²) in [4.78, 5) is 15.0. The molecule has 1 atom stereocenters. The van der Waals surface area contributed by atoms with E-state index < -0.39 is 10.0 Å². The van der Waals surface area contributed by atoms with Gasteiger partial charge in [-0.2, -0.15) is 4.31 Å². The summed E-state index contributed by atoms with van der Waals surface area (Å²) in [5.74, 6) is -0.360. The van der Waals surface area contributed by atoms with Crippen molar-refractivity contribution in [2.45, 2.75) is 31.4 Å². The van der Waals surface area contributed by atoms with E-state index in [0.717, 1.165) is 13.1 Å². The van der Waals surface area contributed by atoms with E-state index in [9.17, 15) is 13.2 Å². The van der Waals surface area contributed by atoms with Gasteiger partial charge in [0.2, 0.25) is 10.0 Å². The van der Waals surface area contributed by atoms with E-state index in [4.69, 9.17) is 16.3 Å². The van der Waals surface area contributed by atoms with Crippen LogP contribution in [0.2, 0.25) is 5.02 Å². The van der Waals surface area contributed by atoms with Crippen molar-refractivity contribution in [3.63, 3.8) is 0 Å². The molecule has 0 bridgehead atoms. The van der Waals surface area contributed by atoms with Crippen LogP contribution in [0.15, 0.2) is 53.4 Å². The van der Waals surface area contributed by atoms with Crippen LogP contribution in [0.5, 0.6) is 0 Å². The maximum Gasteiger partial charge on any atom is 0.251 e. The van der Waals surface area contributed by atoms with Gasteiger partial charge in [-0.15, -0.1) is 0 Å². The van der Waals surface area contributed by atoms with Gasteiger partial charge in [0.05, 0.1) is 17.7 Å². The minimum absolute atomic E-state index is 0.0570. The van der Waals surface area contributed by atoms with Gasteiger partial charge in [-0.05, 0) is 23.8 Å². The van der Waals surface area contributed by atoms with Gasteiger partial charge < -0.3 is 10.1 Å². The molecular formula is C23H30ClN3O4S. The maximum absolute atomic E-state index is 12.9. The van der Waals surface area contributed by atoms with E-state index in [2.05, 4.69) is 22.3 Å². The number of amides is 1. The predicted molar refractivity (Wildman–Crippen MR) is 125 cm³/mol. The molecule has 0 saturated carbocycles. The third-order valence-electron chi connectivity index (χ3n) is 5.48. The molecule has 2 aromatic rings. The Morgan fingerprint density at radius 1 is 1.19 bits per heavy atom. The zero-order valence-corrected chi connectivity index (χ0v) is 20.0. The first-order valence-corrected chi connectivity index (χ1v) is 12.6. The number of sulfonamides is 1. The second-order valence-electron chi connectivity index (χ2n) is 7.66. The summed E-state index contributed by atoms with van der Waals surface area (Å²) in [6.07, 6.45) is -0.136. The molecule has 1 N–H and O–H groups in total. The zero-order chi connectivity index (χ0) is 23.1. The lowest BCUT2D eigenvalue weighted by Gasteiger charge is -2.33. The molecule has 7 nitrogen and oxygen atoms in total. The Bertz CT molecular complexity index is 1010. The van der Waals surface area contributed by atoms with E-state index in [1.165, 1.54) is 28.1 Å². The van der Waals surface area contributed by atoms with Gasteiger partial charge in [-0.3, -0.25) is 9.69 Å². The molecule has 0 spiro atoms. The second-order valence-corrected chi connectivity index (χ2v) is 9.97. The third kappa shape index (κ3) is 6.08. The highest BCUT2D eigenvalue weighted by Gasteiger charge is 2.26. The SMILES string of the molecule is CCN(CC)S(=O)(=O)c1cc(C(=O)NC[C@H]2CN(Cc3ccccc3)CCO2)ccc1Cl. The number of hydrogen-bond acceptors (Lipinski definition) is 5. The van der Waals surface area contributed by atoms with Gasteiger partial charge in [0.1, 0.15) is 4.90 Å². The topological polar surface area (TPSA) is 79.0 Å². The lowest BCUT2D eigenvalue weighted by molar-refractivity contribution is -0.0292. The Morgan fingerprint density at radius 3 is 2.59 bits per heavy atom. The molecule has 1 amide bonds. The van der Waals surface area contributed by atoms with Gasteiger partial charge >= 0.3 is 0 Å². The Labute approximate surface area is 195 Å². The van der Waals surface area contributed by atoms with Crippen molar-refractivity contribution in [1.82, 2.24) is 14.5 Å². The van der Waals surface area contributed by atoms with Crippen LogP contribution in [-0.2, 0) is 21.3 Å². The van der Waals surface area contributed by atoms with E-state index in [1.54, 1.807) is 13.8 Å². The Balaban J connectivity index is 1.62. The average molecular weight is 480 g/mol. The molecule has 1 saturated heterocycles. The summed E-state index contributed by atoms with van der Waals surface area (Å²) >= 11 is 6.16. The highest BCUT2D eigenvalue weighted by atomic mass is 35.5. The molecule has 1 heterocycles. The van der Waals surface area contributed by atoms with Crippen LogP contribution in [0.25, 0.3) is 0 Å². The van der Waals surface area contributed by atoms with Crippen molar-refractivity contribution in [3.05, 3.63) is 64.7 Å². The molecule has 3 rings (SSSR count). The summed E-state index contributed by atoms with van der Waals surface area (Å²) in [6, 6.07) is 14.6. The predicted octanol–water partition coefficient (Wildman–Crippen LogP) is 3.00. The number of halogens is 1. The number of carbonyl (C=O) groups is 1. The molecule has 0 unspecified atom stereocenters. The molecule has 2 aromatic carbocycles. The number of carbonyl (C=O) groups excluding carboxylic acids is 1. The Hall–Kier alpha value is -1.97. The van der Waals surface area contributed by atoms with Gasteiger partial charge in [-0.25, -0.2) is 8.42 Å². The van der Waals surface area contributed by atoms with Gasteiger partial charge in [0.15, 0.2) is 0 Å². The highest BCUT2D eigenvalue weighted by molar-refractivity contribution is 7.89. The minimum Gasteiger partial charge on any atom is -0.374 e. The molecule has 1 aliphatic rings. The van der Waals surface area contributed by atoms with Crippen LogP contribution < -0.4 is 5.32 Å². The van der Waals surface area contributed by atoms with Crippen LogP contribution >= 0.6 is 11.6 Å². The van der Waals surface area contributed by atoms with Crippen LogP contribution in [-0.4, -0.2) is 69.0 Å². The fraction of sp³-hybridized carbons (Fsp3) is 0.435. The lowest BCUT2D eigenvalue weighted by atomic mass is 10.2. The van der Waals surface area contributed by atoms with Crippen molar-refractivity contribution in [3.8, 4) is 0 Å². The van der Waals surface area contributed by atoms with Crippen LogP contribution in [0.3, 0.4) is 0 Å². The summed E-state index contributed by atoms with van der Waals surface area (Å²) in [5, 5.41) is 2.96. The van der Waals surface area contributed by atoms with E-state index in [0.29, 0.717) is 32.8 Å². The summed E-state index contributed by atoms with van der Waals surface area (Å²) in [6.45, 7) is 7.48. The smallest absolute Gasteiger partial charge is 0.251 e. The van der Waals surface area contributed by atoms with Crippen LogP contribution in [0.1, 0.15) is 29.8 Å². The largest absolute Gasteiger partial charge is 0.374 e. The van der Waals surface area contributed by atoms with Crippen molar-refractivity contribution >= 4 is 27.5 Å². The molecule has 0 aromatic heterocycles. The van der Waals surface area contributed by atoms with E-state index >= 15 is 0 Å². The van der Waals surface area contributed by atoms with Crippen molar-refractivity contribution in [2.24, 2.45) is 0 Å². The molecule has 174 valence electrons. The van der Waals surface area contributed by atoms with Gasteiger partial charge in [-0.1, -0.05) is 55.8 Å².